The molecule has 0 radical (unpaired) electrons. The Kier molecular flexibility index (Phi) is 7.10. The number of carbonyl (C=O) groups excluding carboxylic acids is 1. The van der Waals surface area contributed by atoms with Crippen LogP contribution in [0.25, 0.3) is 0 Å². The molecule has 1 aliphatic carbocycles. The van der Waals surface area contributed by atoms with E-state index in [1.165, 1.54) is 18.4 Å². The van der Waals surface area contributed by atoms with Crippen LogP contribution in [0.2, 0.25) is 0 Å². The number of rotatable bonds is 5. The third kappa shape index (κ3) is 5.06. The highest BCUT2D eigenvalue weighted by atomic mass is 16.5. The molecule has 1 saturated carbocycles. The van der Waals surface area contributed by atoms with Crippen LogP contribution in [-0.2, 0) is 4.79 Å². The average molecular weight is 414 g/mol. The van der Waals surface area contributed by atoms with Crippen LogP contribution < -0.4 is 15.4 Å². The van der Waals surface area contributed by atoms with Gasteiger partial charge < -0.3 is 20.3 Å². The van der Waals surface area contributed by atoms with Crippen molar-refractivity contribution in [2.45, 2.75) is 38.1 Å². The largest absolute Gasteiger partial charge is 0.493 e. The molecular weight excluding hydrogens is 378 g/mol. The van der Waals surface area contributed by atoms with E-state index in [1.54, 1.807) is 0 Å². The first-order valence-electron chi connectivity index (χ1n) is 11.4. The summed E-state index contributed by atoms with van der Waals surface area (Å²) in [5.74, 6) is 2.48. The lowest BCUT2D eigenvalue weighted by molar-refractivity contribution is -0.137. The van der Waals surface area contributed by atoms with Gasteiger partial charge in [0.25, 0.3) is 0 Å². The molecule has 1 saturated heterocycles. The van der Waals surface area contributed by atoms with Gasteiger partial charge in [0.2, 0.25) is 5.91 Å². The molecular formula is C23H35N5O2. The molecule has 1 aromatic carbocycles. The summed E-state index contributed by atoms with van der Waals surface area (Å²) in [6, 6.07) is 8.42. The number of piperazine rings is 1. The number of guanidine groups is 1. The van der Waals surface area contributed by atoms with Gasteiger partial charge in [0.15, 0.2) is 5.96 Å². The second-order valence-electron chi connectivity index (χ2n) is 8.52. The lowest BCUT2D eigenvalue weighted by atomic mass is 10.0. The van der Waals surface area contributed by atoms with Crippen LogP contribution in [0.4, 0.5) is 0 Å². The van der Waals surface area contributed by atoms with Gasteiger partial charge in [0.05, 0.1) is 12.6 Å². The molecule has 1 amide bonds. The summed E-state index contributed by atoms with van der Waals surface area (Å²) in [5.41, 5.74) is 1.19. The summed E-state index contributed by atoms with van der Waals surface area (Å²) in [5, 5.41) is 6.99. The minimum Gasteiger partial charge on any atom is -0.493 e. The molecule has 2 aliphatic heterocycles. The van der Waals surface area contributed by atoms with Crippen LogP contribution in [0.3, 0.4) is 0 Å². The van der Waals surface area contributed by atoms with E-state index in [1.807, 2.05) is 19.2 Å². The minimum atomic E-state index is 0.214. The van der Waals surface area contributed by atoms with Crippen LogP contribution in [0.1, 0.15) is 43.7 Å². The zero-order chi connectivity index (χ0) is 20.8. The molecule has 2 heterocycles. The number of fused-ring (bicyclic) bond motifs is 1. The summed E-state index contributed by atoms with van der Waals surface area (Å²) >= 11 is 0. The van der Waals surface area contributed by atoms with Gasteiger partial charge >= 0.3 is 0 Å². The number of aliphatic imine (C=N–C) groups is 1. The van der Waals surface area contributed by atoms with Crippen molar-refractivity contribution in [1.82, 2.24) is 20.4 Å². The van der Waals surface area contributed by atoms with Crippen molar-refractivity contribution < 1.29 is 9.53 Å². The van der Waals surface area contributed by atoms with Crippen molar-refractivity contribution >= 4 is 11.9 Å². The number of ether oxygens (including phenoxy) is 1. The summed E-state index contributed by atoms with van der Waals surface area (Å²) in [7, 11) is 1.81. The SMILES string of the molecule is CN=C(NCCN1CCN(C(=O)C2CCCC2)CC1)NC1CCOc2ccccc21. The summed E-state index contributed by atoms with van der Waals surface area (Å²) in [6.07, 6.45) is 5.54. The van der Waals surface area contributed by atoms with Gasteiger partial charge in [-0.15, -0.1) is 0 Å². The van der Waals surface area contributed by atoms with Crippen LogP contribution in [0.5, 0.6) is 5.75 Å². The van der Waals surface area contributed by atoms with Crippen molar-refractivity contribution in [3.8, 4) is 5.75 Å². The molecule has 0 bridgehead atoms. The van der Waals surface area contributed by atoms with Crippen molar-refractivity contribution in [2.75, 3.05) is 52.9 Å². The zero-order valence-corrected chi connectivity index (χ0v) is 18.1. The van der Waals surface area contributed by atoms with Gasteiger partial charge in [-0.1, -0.05) is 31.0 Å². The predicted molar refractivity (Wildman–Crippen MR) is 119 cm³/mol. The van der Waals surface area contributed by atoms with Crippen LogP contribution in [-0.4, -0.2) is 74.6 Å². The summed E-state index contributed by atoms with van der Waals surface area (Å²) in [4.78, 5) is 21.5. The minimum absolute atomic E-state index is 0.214. The van der Waals surface area contributed by atoms with Gasteiger partial charge in [0, 0.05) is 64.2 Å². The topological polar surface area (TPSA) is 69.2 Å². The van der Waals surface area contributed by atoms with E-state index in [0.717, 1.165) is 76.8 Å². The van der Waals surface area contributed by atoms with Crippen molar-refractivity contribution in [3.63, 3.8) is 0 Å². The Hall–Kier alpha value is -2.28. The van der Waals surface area contributed by atoms with Gasteiger partial charge in [0.1, 0.15) is 5.75 Å². The fourth-order valence-corrected chi connectivity index (χ4v) is 4.81. The molecule has 1 aromatic rings. The lowest BCUT2D eigenvalue weighted by Crippen LogP contribution is -2.52. The number of benzene rings is 1. The second kappa shape index (κ2) is 10.2. The number of amides is 1. The lowest BCUT2D eigenvalue weighted by Gasteiger charge is -2.36. The molecule has 7 heteroatoms. The molecule has 0 spiro atoms. The van der Waals surface area contributed by atoms with Gasteiger partial charge in [-0.05, 0) is 18.9 Å². The molecule has 0 aromatic heterocycles. The maximum Gasteiger partial charge on any atom is 0.225 e. The third-order valence-corrected chi connectivity index (χ3v) is 6.60. The molecule has 1 unspecified atom stereocenters. The van der Waals surface area contributed by atoms with E-state index in [9.17, 15) is 4.79 Å². The maximum atomic E-state index is 12.6. The standard InChI is InChI=1S/C23H35N5O2/c1-24-23(26-20-10-17-30-21-9-5-4-8-19(20)21)25-11-12-27-13-15-28(16-14-27)22(29)18-6-2-3-7-18/h4-5,8-9,18,20H,2-3,6-7,10-17H2,1H3,(H2,24,25,26). The smallest absolute Gasteiger partial charge is 0.225 e. The van der Waals surface area contributed by atoms with Crippen LogP contribution in [0, 0.1) is 5.92 Å². The monoisotopic (exact) mass is 413 g/mol. The number of nitrogens with one attached hydrogen (secondary N) is 2. The Morgan fingerprint density at radius 1 is 1.13 bits per heavy atom. The van der Waals surface area contributed by atoms with Crippen LogP contribution in [0.15, 0.2) is 29.3 Å². The van der Waals surface area contributed by atoms with Crippen molar-refractivity contribution in [2.24, 2.45) is 10.9 Å². The average Bonchev–Trinajstić information content (AvgIpc) is 3.33. The first-order chi connectivity index (χ1) is 14.7. The highest BCUT2D eigenvalue weighted by molar-refractivity contribution is 5.80. The zero-order valence-electron chi connectivity index (χ0n) is 18.1. The quantitative estimate of drug-likeness (QED) is 0.571. The number of para-hydroxylation sites is 1. The van der Waals surface area contributed by atoms with Gasteiger partial charge in [-0.2, -0.15) is 0 Å². The van der Waals surface area contributed by atoms with Crippen molar-refractivity contribution in [3.05, 3.63) is 29.8 Å². The Labute approximate surface area is 179 Å². The normalized spacial score (nSPS) is 23.0. The molecule has 164 valence electrons. The van der Waals surface area contributed by atoms with Gasteiger partial charge in [-0.3, -0.25) is 14.7 Å². The number of carbonyl (C=O) groups is 1. The first kappa shape index (κ1) is 21.0. The molecule has 2 fully saturated rings. The highest BCUT2D eigenvalue weighted by Crippen LogP contribution is 2.31. The van der Waals surface area contributed by atoms with Gasteiger partial charge in [-0.25, -0.2) is 0 Å². The number of hydrogen-bond donors (Lipinski definition) is 2. The fraction of sp³-hybridized carbons (Fsp3) is 0.652. The molecule has 2 N–H and O–H groups in total. The summed E-state index contributed by atoms with van der Waals surface area (Å²) in [6.45, 7) is 6.15. The Balaban J connectivity index is 1.19. The number of nitrogens with zero attached hydrogens (tertiary/aromatic N) is 3. The Morgan fingerprint density at radius 2 is 1.90 bits per heavy atom. The summed E-state index contributed by atoms with van der Waals surface area (Å²) < 4.78 is 5.75. The molecule has 4 rings (SSSR count). The second-order valence-corrected chi connectivity index (χ2v) is 8.52. The third-order valence-electron chi connectivity index (χ3n) is 6.60. The van der Waals surface area contributed by atoms with E-state index in [0.29, 0.717) is 11.8 Å². The van der Waals surface area contributed by atoms with E-state index >= 15 is 0 Å². The van der Waals surface area contributed by atoms with E-state index < -0.39 is 0 Å². The van der Waals surface area contributed by atoms with E-state index in [-0.39, 0.29) is 6.04 Å². The highest BCUT2D eigenvalue weighted by Gasteiger charge is 2.29. The fourth-order valence-electron chi connectivity index (χ4n) is 4.81. The molecule has 7 nitrogen and oxygen atoms in total. The van der Waals surface area contributed by atoms with E-state index in [4.69, 9.17) is 4.74 Å². The molecule has 1 atom stereocenters. The maximum absolute atomic E-state index is 12.6. The van der Waals surface area contributed by atoms with Crippen LogP contribution >= 0.6 is 0 Å². The predicted octanol–water partition coefficient (Wildman–Crippen LogP) is 2.01. The van der Waals surface area contributed by atoms with Crippen molar-refractivity contribution in [1.29, 1.82) is 0 Å². The Bertz CT molecular complexity index is 739. The molecule has 30 heavy (non-hydrogen) atoms. The Morgan fingerprint density at radius 3 is 2.67 bits per heavy atom. The number of hydrogen-bond acceptors (Lipinski definition) is 4. The van der Waals surface area contributed by atoms with E-state index in [2.05, 4.69) is 37.6 Å². The first-order valence-corrected chi connectivity index (χ1v) is 11.4. The molecule has 3 aliphatic rings.